The summed E-state index contributed by atoms with van der Waals surface area (Å²) >= 11 is 6.41. The van der Waals surface area contributed by atoms with Gasteiger partial charge < -0.3 is 15.1 Å². The van der Waals surface area contributed by atoms with Gasteiger partial charge >= 0.3 is 0 Å². The van der Waals surface area contributed by atoms with Gasteiger partial charge in [-0.05, 0) is 36.9 Å². The molecule has 1 N–H and O–H groups in total. The molecule has 0 aromatic heterocycles. The molecule has 28 heavy (non-hydrogen) atoms. The average molecular weight is 401 g/mol. The summed E-state index contributed by atoms with van der Waals surface area (Å²) in [7, 11) is 2.10. The second-order valence-corrected chi connectivity index (χ2v) is 7.04. The zero-order valence-corrected chi connectivity index (χ0v) is 16.2. The fraction of sp³-hybridized carbons (Fsp3) is 0.250. The molecule has 7 nitrogen and oxygen atoms in total. The Morgan fingerprint density at radius 2 is 1.93 bits per heavy atom. The second kappa shape index (κ2) is 8.86. The predicted octanol–water partition coefficient (Wildman–Crippen LogP) is 3.65. The van der Waals surface area contributed by atoms with Crippen molar-refractivity contribution in [2.75, 3.05) is 43.4 Å². The molecule has 2 aromatic carbocycles. The maximum atomic E-state index is 12.1. The van der Waals surface area contributed by atoms with Gasteiger partial charge in [-0.25, -0.2) is 0 Å². The minimum atomic E-state index is -0.471. The van der Waals surface area contributed by atoms with Crippen LogP contribution in [0.2, 0.25) is 5.02 Å². The number of nitro groups is 1. The molecule has 2 aromatic rings. The zero-order valence-electron chi connectivity index (χ0n) is 15.5. The lowest BCUT2D eigenvalue weighted by Gasteiger charge is -2.34. The summed E-state index contributed by atoms with van der Waals surface area (Å²) in [5.41, 5.74) is 2.11. The predicted molar refractivity (Wildman–Crippen MR) is 112 cm³/mol. The maximum absolute atomic E-state index is 12.1. The van der Waals surface area contributed by atoms with Crippen molar-refractivity contribution >= 4 is 40.6 Å². The van der Waals surface area contributed by atoms with Gasteiger partial charge in [-0.3, -0.25) is 14.9 Å². The molecule has 1 heterocycles. The largest absolute Gasteiger partial charge is 0.368 e. The summed E-state index contributed by atoms with van der Waals surface area (Å²) in [5, 5.41) is 14.2. The van der Waals surface area contributed by atoms with E-state index < -0.39 is 4.92 Å². The number of amides is 1. The van der Waals surface area contributed by atoms with Crippen LogP contribution in [0, 0.1) is 10.1 Å². The Morgan fingerprint density at radius 1 is 1.18 bits per heavy atom. The number of non-ortho nitro benzene ring substituents is 1. The van der Waals surface area contributed by atoms with Gasteiger partial charge in [0.1, 0.15) is 0 Å². The van der Waals surface area contributed by atoms with Crippen LogP contribution in [0.3, 0.4) is 0 Å². The van der Waals surface area contributed by atoms with E-state index in [0.717, 1.165) is 31.9 Å². The van der Waals surface area contributed by atoms with Gasteiger partial charge in [0.15, 0.2) is 0 Å². The molecular formula is C20H21ClN4O3. The summed E-state index contributed by atoms with van der Waals surface area (Å²) in [4.78, 5) is 27.0. The Hall–Kier alpha value is -2.90. The number of carbonyl (C=O) groups excluding carboxylic acids is 1. The number of nitro benzene ring substituents is 1. The van der Waals surface area contributed by atoms with Crippen LogP contribution >= 0.6 is 11.6 Å². The molecule has 0 aliphatic carbocycles. The van der Waals surface area contributed by atoms with Crippen LogP contribution in [-0.2, 0) is 4.79 Å². The first-order valence-electron chi connectivity index (χ1n) is 8.89. The fourth-order valence-electron chi connectivity index (χ4n) is 2.99. The van der Waals surface area contributed by atoms with Crippen molar-refractivity contribution < 1.29 is 9.72 Å². The van der Waals surface area contributed by atoms with E-state index in [1.54, 1.807) is 18.2 Å². The number of nitrogens with one attached hydrogen (secondary N) is 1. The Kier molecular flexibility index (Phi) is 6.28. The highest BCUT2D eigenvalue weighted by Crippen LogP contribution is 2.29. The Balaban J connectivity index is 1.63. The highest BCUT2D eigenvalue weighted by Gasteiger charge is 2.16. The summed E-state index contributed by atoms with van der Waals surface area (Å²) in [6, 6.07) is 11.5. The molecule has 0 atom stereocenters. The van der Waals surface area contributed by atoms with Crippen LogP contribution in [0.5, 0.6) is 0 Å². The van der Waals surface area contributed by atoms with Crippen molar-refractivity contribution in [1.82, 2.24) is 4.90 Å². The summed E-state index contributed by atoms with van der Waals surface area (Å²) in [6.07, 6.45) is 2.86. The van der Waals surface area contributed by atoms with Crippen LogP contribution in [0.25, 0.3) is 6.08 Å². The standard InChI is InChI=1S/C20H21ClN4O3/c1-23-9-11-24(12-10-23)19-7-6-16(14-18(19)21)22-20(26)8-5-15-3-2-4-17(13-15)25(27)28/h2-8,13-14H,9-12H2,1H3,(H,22,26)/b8-5+. The maximum Gasteiger partial charge on any atom is 0.270 e. The molecule has 1 amide bonds. The Bertz CT molecular complexity index is 908. The molecule has 146 valence electrons. The Labute approximate surface area is 168 Å². The lowest BCUT2D eigenvalue weighted by molar-refractivity contribution is -0.384. The molecule has 3 rings (SSSR count). The first kappa shape index (κ1) is 19.9. The van der Waals surface area contributed by atoms with Gasteiger partial charge in [-0.1, -0.05) is 23.7 Å². The van der Waals surface area contributed by atoms with E-state index in [9.17, 15) is 14.9 Å². The van der Waals surface area contributed by atoms with Gasteiger partial charge in [0.2, 0.25) is 5.91 Å². The molecule has 1 fully saturated rings. The van der Waals surface area contributed by atoms with Crippen LogP contribution in [-0.4, -0.2) is 49.0 Å². The summed E-state index contributed by atoms with van der Waals surface area (Å²) in [5.74, 6) is -0.338. The number of hydrogen-bond acceptors (Lipinski definition) is 5. The first-order valence-corrected chi connectivity index (χ1v) is 9.27. The van der Waals surface area contributed by atoms with Gasteiger partial charge in [0, 0.05) is 50.1 Å². The summed E-state index contributed by atoms with van der Waals surface area (Å²) in [6.45, 7) is 3.79. The van der Waals surface area contributed by atoms with Crippen molar-refractivity contribution in [3.63, 3.8) is 0 Å². The molecule has 0 bridgehead atoms. The van der Waals surface area contributed by atoms with Crippen LogP contribution in [0.4, 0.5) is 17.1 Å². The molecule has 1 aliphatic heterocycles. The second-order valence-electron chi connectivity index (χ2n) is 6.63. The van der Waals surface area contributed by atoms with E-state index in [1.165, 1.54) is 24.3 Å². The van der Waals surface area contributed by atoms with E-state index in [0.29, 0.717) is 16.3 Å². The van der Waals surface area contributed by atoms with Crippen molar-refractivity contribution in [3.05, 3.63) is 69.2 Å². The van der Waals surface area contributed by atoms with Crippen molar-refractivity contribution in [1.29, 1.82) is 0 Å². The topological polar surface area (TPSA) is 78.7 Å². The third-order valence-electron chi connectivity index (χ3n) is 4.57. The quantitative estimate of drug-likeness (QED) is 0.471. The molecule has 0 unspecified atom stereocenters. The SMILES string of the molecule is CN1CCN(c2ccc(NC(=O)/C=C/c3cccc([N+](=O)[O-])c3)cc2Cl)CC1. The number of halogens is 1. The molecule has 8 heteroatoms. The minimum absolute atomic E-state index is 0.0196. The van der Waals surface area contributed by atoms with E-state index >= 15 is 0 Å². The van der Waals surface area contributed by atoms with E-state index in [4.69, 9.17) is 11.6 Å². The number of likely N-dealkylation sites (N-methyl/N-ethyl adjacent to an activating group) is 1. The van der Waals surface area contributed by atoms with Crippen LogP contribution in [0.15, 0.2) is 48.5 Å². The highest BCUT2D eigenvalue weighted by molar-refractivity contribution is 6.33. The number of hydrogen-bond donors (Lipinski definition) is 1. The molecule has 0 spiro atoms. The summed E-state index contributed by atoms with van der Waals surface area (Å²) < 4.78 is 0. The molecular weight excluding hydrogens is 380 g/mol. The van der Waals surface area contributed by atoms with Crippen LogP contribution < -0.4 is 10.2 Å². The van der Waals surface area contributed by atoms with Gasteiger partial charge in [0.05, 0.1) is 15.6 Å². The normalized spacial score (nSPS) is 15.0. The first-order chi connectivity index (χ1) is 13.4. The minimum Gasteiger partial charge on any atom is -0.368 e. The number of nitrogens with zero attached hydrogens (tertiary/aromatic N) is 3. The van der Waals surface area contributed by atoms with E-state index in [1.807, 2.05) is 12.1 Å². The third-order valence-corrected chi connectivity index (χ3v) is 4.87. The van der Waals surface area contributed by atoms with Crippen LogP contribution in [0.1, 0.15) is 5.56 Å². The van der Waals surface area contributed by atoms with Crippen molar-refractivity contribution in [2.45, 2.75) is 0 Å². The Morgan fingerprint density at radius 3 is 2.61 bits per heavy atom. The molecule has 1 aliphatic rings. The monoisotopic (exact) mass is 400 g/mol. The smallest absolute Gasteiger partial charge is 0.270 e. The highest BCUT2D eigenvalue weighted by atomic mass is 35.5. The molecule has 1 saturated heterocycles. The van der Waals surface area contributed by atoms with E-state index in [-0.39, 0.29) is 11.6 Å². The van der Waals surface area contributed by atoms with Gasteiger partial charge in [-0.15, -0.1) is 0 Å². The van der Waals surface area contributed by atoms with E-state index in [2.05, 4.69) is 22.2 Å². The molecule has 0 saturated carbocycles. The average Bonchev–Trinajstić information content (AvgIpc) is 2.68. The number of anilines is 2. The lowest BCUT2D eigenvalue weighted by Crippen LogP contribution is -2.44. The fourth-order valence-corrected chi connectivity index (χ4v) is 3.29. The van der Waals surface area contributed by atoms with Gasteiger partial charge in [0.25, 0.3) is 5.69 Å². The third kappa shape index (κ3) is 5.09. The van der Waals surface area contributed by atoms with Crippen molar-refractivity contribution in [3.8, 4) is 0 Å². The number of piperazine rings is 1. The van der Waals surface area contributed by atoms with Gasteiger partial charge in [-0.2, -0.15) is 0 Å². The molecule has 0 radical (unpaired) electrons. The zero-order chi connectivity index (χ0) is 20.1. The lowest BCUT2D eigenvalue weighted by atomic mass is 10.2. The van der Waals surface area contributed by atoms with Crippen molar-refractivity contribution in [2.24, 2.45) is 0 Å². The number of benzene rings is 2. The number of rotatable bonds is 5. The number of carbonyl (C=O) groups is 1.